The van der Waals surface area contributed by atoms with E-state index in [1.807, 2.05) is 42.5 Å². The summed E-state index contributed by atoms with van der Waals surface area (Å²) < 4.78 is 4.98. The Kier molecular flexibility index (Phi) is 9.36. The molecule has 4 aromatic rings. The van der Waals surface area contributed by atoms with Crippen molar-refractivity contribution in [3.63, 3.8) is 0 Å². The Morgan fingerprint density at radius 3 is 2.12 bits per heavy atom. The highest BCUT2D eigenvalue weighted by Gasteiger charge is 2.29. The summed E-state index contributed by atoms with van der Waals surface area (Å²) in [5.41, 5.74) is 2.49. The van der Waals surface area contributed by atoms with Crippen molar-refractivity contribution >= 4 is 63.2 Å². The maximum atomic E-state index is 13.8. The number of carbonyl (C=O) groups excluding carboxylic acids is 4. The van der Waals surface area contributed by atoms with Crippen LogP contribution in [0.4, 0.5) is 16.4 Å². The molecule has 3 N–H and O–H groups in total. The molecule has 1 unspecified atom stereocenters. The largest absolute Gasteiger partial charge is 0.465 e. The number of ether oxygens (including phenoxy) is 1. The molecular formula is C30H27N3O5S2. The van der Waals surface area contributed by atoms with Gasteiger partial charge in [0.25, 0.3) is 5.91 Å². The van der Waals surface area contributed by atoms with Gasteiger partial charge in [0.1, 0.15) is 10.3 Å². The molecule has 4 rings (SSSR count). The third-order valence-electron chi connectivity index (χ3n) is 5.76. The molecule has 3 aromatic carbocycles. The molecule has 0 bridgehead atoms. The highest BCUT2D eigenvalue weighted by Crippen LogP contribution is 2.40. The van der Waals surface area contributed by atoms with E-state index in [9.17, 15) is 19.2 Å². The van der Waals surface area contributed by atoms with E-state index < -0.39 is 17.1 Å². The highest BCUT2D eigenvalue weighted by atomic mass is 32.2. The first-order valence-corrected chi connectivity index (χ1v) is 13.9. The predicted molar refractivity (Wildman–Crippen MR) is 159 cm³/mol. The van der Waals surface area contributed by atoms with Gasteiger partial charge in [-0.05, 0) is 48.4 Å². The average Bonchev–Trinajstić information content (AvgIpc) is 3.27. The second-order valence-corrected chi connectivity index (χ2v) is 10.9. The smallest absolute Gasteiger partial charge is 0.341 e. The maximum absolute atomic E-state index is 13.8. The number of hydrogen-bond acceptors (Lipinski definition) is 7. The van der Waals surface area contributed by atoms with Crippen LogP contribution in [0.15, 0.2) is 89.8 Å². The van der Waals surface area contributed by atoms with Crippen LogP contribution in [0.1, 0.15) is 43.3 Å². The Balaban J connectivity index is 1.66. The molecule has 0 saturated carbocycles. The first-order chi connectivity index (χ1) is 19.3. The Labute approximate surface area is 240 Å². The zero-order valence-corrected chi connectivity index (χ0v) is 23.7. The van der Waals surface area contributed by atoms with Gasteiger partial charge in [0.15, 0.2) is 0 Å². The summed E-state index contributed by atoms with van der Waals surface area (Å²) in [5.74, 6) is -1.64. The van der Waals surface area contributed by atoms with Gasteiger partial charge < -0.3 is 20.7 Å². The van der Waals surface area contributed by atoms with E-state index in [1.165, 1.54) is 25.8 Å². The minimum Gasteiger partial charge on any atom is -0.465 e. The molecule has 1 heterocycles. The molecule has 0 aliphatic carbocycles. The van der Waals surface area contributed by atoms with Gasteiger partial charge in [-0.1, -0.05) is 54.6 Å². The van der Waals surface area contributed by atoms with Crippen LogP contribution in [0, 0.1) is 6.92 Å². The van der Waals surface area contributed by atoms with Crippen LogP contribution in [-0.4, -0.2) is 30.8 Å². The van der Waals surface area contributed by atoms with Gasteiger partial charge >= 0.3 is 5.97 Å². The van der Waals surface area contributed by atoms with E-state index in [-0.39, 0.29) is 27.3 Å². The lowest BCUT2D eigenvalue weighted by Crippen LogP contribution is -2.20. The van der Waals surface area contributed by atoms with E-state index >= 15 is 0 Å². The molecule has 10 heteroatoms. The van der Waals surface area contributed by atoms with E-state index in [0.717, 1.165) is 21.8 Å². The van der Waals surface area contributed by atoms with E-state index in [1.54, 1.807) is 49.4 Å². The monoisotopic (exact) mass is 573 g/mol. The standard InChI is InChI=1S/C30H27N3O5S2/c1-18-24(30(37)38-3)29(40-25(18)27(35)32-21-13-8-5-9-14-21)33-28(36)26(20-11-6-4-7-12-20)39-23-16-10-15-22(17-23)31-19(2)34/h4-17,26H,1-3H3,(H,31,34)(H,32,35)(H,33,36). The molecule has 0 radical (unpaired) electrons. The highest BCUT2D eigenvalue weighted by molar-refractivity contribution is 8.00. The van der Waals surface area contributed by atoms with Crippen molar-refractivity contribution in [3.05, 3.63) is 106 Å². The quantitative estimate of drug-likeness (QED) is 0.155. The fourth-order valence-electron chi connectivity index (χ4n) is 3.94. The summed E-state index contributed by atoms with van der Waals surface area (Å²) in [7, 11) is 1.25. The van der Waals surface area contributed by atoms with Gasteiger partial charge in [-0.15, -0.1) is 23.1 Å². The second kappa shape index (κ2) is 13.1. The molecule has 40 heavy (non-hydrogen) atoms. The van der Waals surface area contributed by atoms with Gasteiger partial charge in [0, 0.05) is 23.2 Å². The molecule has 0 fully saturated rings. The van der Waals surface area contributed by atoms with Gasteiger partial charge in [-0.3, -0.25) is 14.4 Å². The lowest BCUT2D eigenvalue weighted by molar-refractivity contribution is -0.116. The molecule has 8 nitrogen and oxygen atoms in total. The van der Waals surface area contributed by atoms with E-state index in [4.69, 9.17) is 4.74 Å². The fourth-order valence-corrected chi connectivity index (χ4v) is 6.12. The van der Waals surface area contributed by atoms with Gasteiger partial charge in [-0.2, -0.15) is 0 Å². The molecule has 0 aliphatic rings. The lowest BCUT2D eigenvalue weighted by Gasteiger charge is -2.17. The first kappa shape index (κ1) is 28.6. The minimum absolute atomic E-state index is 0.128. The summed E-state index contributed by atoms with van der Waals surface area (Å²) in [6.45, 7) is 3.07. The van der Waals surface area contributed by atoms with Crippen molar-refractivity contribution < 1.29 is 23.9 Å². The average molecular weight is 574 g/mol. The van der Waals surface area contributed by atoms with Crippen molar-refractivity contribution in [3.8, 4) is 0 Å². The molecule has 1 atom stereocenters. The topological polar surface area (TPSA) is 114 Å². The number of anilines is 3. The number of para-hydroxylation sites is 1. The Hall–Kier alpha value is -4.41. The zero-order valence-electron chi connectivity index (χ0n) is 22.0. The summed E-state index contributed by atoms with van der Waals surface area (Å²) in [6.07, 6.45) is 0. The Bertz CT molecular complexity index is 1540. The number of benzene rings is 3. The molecule has 3 amide bonds. The van der Waals surface area contributed by atoms with Crippen LogP contribution in [0.5, 0.6) is 0 Å². The van der Waals surface area contributed by atoms with Crippen molar-refractivity contribution in [2.75, 3.05) is 23.1 Å². The molecule has 0 aliphatic heterocycles. The van der Waals surface area contributed by atoms with Crippen LogP contribution in [-0.2, 0) is 14.3 Å². The second-order valence-electron chi connectivity index (χ2n) is 8.68. The minimum atomic E-state index is -0.705. The zero-order chi connectivity index (χ0) is 28.6. The maximum Gasteiger partial charge on any atom is 0.341 e. The lowest BCUT2D eigenvalue weighted by atomic mass is 10.1. The Morgan fingerprint density at radius 2 is 1.48 bits per heavy atom. The molecule has 0 saturated heterocycles. The summed E-state index contributed by atoms with van der Waals surface area (Å²) in [4.78, 5) is 52.2. The summed E-state index contributed by atoms with van der Waals surface area (Å²) >= 11 is 2.31. The molecule has 204 valence electrons. The number of carbonyl (C=O) groups is 4. The van der Waals surface area contributed by atoms with Crippen molar-refractivity contribution in [1.82, 2.24) is 0 Å². The third-order valence-corrected chi connectivity index (χ3v) is 8.21. The van der Waals surface area contributed by atoms with Gasteiger partial charge in [-0.25, -0.2) is 4.79 Å². The van der Waals surface area contributed by atoms with Crippen LogP contribution in [0.25, 0.3) is 0 Å². The molecule has 1 aromatic heterocycles. The van der Waals surface area contributed by atoms with Crippen LogP contribution in [0.2, 0.25) is 0 Å². The van der Waals surface area contributed by atoms with Crippen molar-refractivity contribution in [2.24, 2.45) is 0 Å². The number of rotatable bonds is 9. The molecular weight excluding hydrogens is 546 g/mol. The fraction of sp³-hybridized carbons (Fsp3) is 0.133. The van der Waals surface area contributed by atoms with Crippen LogP contribution < -0.4 is 16.0 Å². The summed E-state index contributed by atoms with van der Waals surface area (Å²) in [6, 6.07) is 25.4. The first-order valence-electron chi connectivity index (χ1n) is 12.2. The normalized spacial score (nSPS) is 11.3. The van der Waals surface area contributed by atoms with Crippen molar-refractivity contribution in [2.45, 2.75) is 24.0 Å². The number of thiophene rings is 1. The Morgan fingerprint density at radius 1 is 0.825 bits per heavy atom. The van der Waals surface area contributed by atoms with Crippen molar-refractivity contribution in [1.29, 1.82) is 0 Å². The summed E-state index contributed by atoms with van der Waals surface area (Å²) in [5, 5.41) is 7.97. The van der Waals surface area contributed by atoms with Gasteiger partial charge in [0.2, 0.25) is 11.8 Å². The number of methoxy groups -OCH3 is 1. The number of amides is 3. The van der Waals surface area contributed by atoms with Crippen LogP contribution >= 0.6 is 23.1 Å². The number of nitrogens with one attached hydrogen (secondary N) is 3. The van der Waals surface area contributed by atoms with E-state index in [2.05, 4.69) is 16.0 Å². The number of hydrogen-bond donors (Lipinski definition) is 3. The van der Waals surface area contributed by atoms with Gasteiger partial charge in [0.05, 0.1) is 17.6 Å². The predicted octanol–water partition coefficient (Wildman–Crippen LogP) is 6.53. The van der Waals surface area contributed by atoms with E-state index in [0.29, 0.717) is 16.9 Å². The van der Waals surface area contributed by atoms with Crippen LogP contribution in [0.3, 0.4) is 0 Å². The SMILES string of the molecule is COC(=O)c1c(NC(=O)C(Sc2cccc(NC(C)=O)c2)c2ccccc2)sc(C(=O)Nc2ccccc2)c1C. The number of thioether (sulfide) groups is 1. The third kappa shape index (κ3) is 6.96. The number of esters is 1. The molecule has 0 spiro atoms.